The van der Waals surface area contributed by atoms with Crippen molar-refractivity contribution in [1.29, 1.82) is 0 Å². The van der Waals surface area contributed by atoms with Crippen LogP contribution in [0.4, 0.5) is 0 Å². The first-order chi connectivity index (χ1) is 17.6. The molecule has 3 aromatic carbocycles. The van der Waals surface area contributed by atoms with Gasteiger partial charge in [-0.15, -0.1) is 11.3 Å². The summed E-state index contributed by atoms with van der Waals surface area (Å²) >= 11 is 1.80. The summed E-state index contributed by atoms with van der Waals surface area (Å²) in [5.41, 5.74) is 2.24. The minimum Gasteiger partial charge on any atom is -0.490 e. The number of carboxylic acids is 1. The predicted molar refractivity (Wildman–Crippen MR) is 144 cm³/mol. The van der Waals surface area contributed by atoms with Crippen LogP contribution in [0, 0.1) is 5.92 Å². The molecule has 6 heteroatoms. The second kappa shape index (κ2) is 11.1. The van der Waals surface area contributed by atoms with Gasteiger partial charge >= 0.3 is 5.97 Å². The third kappa shape index (κ3) is 5.40. The van der Waals surface area contributed by atoms with Crippen LogP contribution in [-0.2, 0) is 11.4 Å². The summed E-state index contributed by atoms with van der Waals surface area (Å²) < 4.78 is 13.4. The predicted octanol–water partition coefficient (Wildman–Crippen LogP) is 6.77. The highest BCUT2D eigenvalue weighted by molar-refractivity contribution is 7.19. The molecule has 0 bridgehead atoms. The van der Waals surface area contributed by atoms with Crippen LogP contribution < -0.4 is 9.47 Å². The smallest absolute Gasteiger partial charge is 0.306 e. The summed E-state index contributed by atoms with van der Waals surface area (Å²) in [4.78, 5) is 15.2. The highest BCUT2D eigenvalue weighted by atomic mass is 32.1. The van der Waals surface area contributed by atoms with Crippen molar-refractivity contribution in [3.63, 3.8) is 0 Å². The van der Waals surface area contributed by atoms with E-state index in [1.165, 1.54) is 15.0 Å². The number of hydrogen-bond donors (Lipinski definition) is 1. The summed E-state index contributed by atoms with van der Waals surface area (Å²) in [5, 5.41) is 10.7. The summed E-state index contributed by atoms with van der Waals surface area (Å²) in [6.45, 7) is 4.48. The number of nitrogens with zero attached hydrogens (tertiary/aromatic N) is 1. The standard InChI is InChI=1S/C30H31NO4S/c1-2-34-26-18-24(12-13-25(26)35-20-21-8-4-3-5-9-21)29(31-16-14-22(15-17-31)30(32)33)28-19-23-10-6-7-11-27(23)36-28/h3-13,18-19,22,29H,2,14-17,20H2,1H3,(H,32,33). The molecule has 1 aromatic heterocycles. The van der Waals surface area contributed by atoms with Crippen molar-refractivity contribution in [3.05, 3.63) is 94.9 Å². The Hall–Kier alpha value is -3.35. The van der Waals surface area contributed by atoms with E-state index in [1.807, 2.05) is 43.3 Å². The van der Waals surface area contributed by atoms with Crippen LogP contribution in [0.3, 0.4) is 0 Å². The lowest BCUT2D eigenvalue weighted by atomic mass is 9.93. The van der Waals surface area contributed by atoms with Crippen molar-refractivity contribution in [2.75, 3.05) is 19.7 Å². The van der Waals surface area contributed by atoms with E-state index in [0.717, 1.165) is 35.7 Å². The number of ether oxygens (including phenoxy) is 2. The van der Waals surface area contributed by atoms with Crippen molar-refractivity contribution in [3.8, 4) is 11.5 Å². The van der Waals surface area contributed by atoms with Gasteiger partial charge in [-0.05, 0) is 73.6 Å². The maximum atomic E-state index is 11.6. The number of hydrogen-bond acceptors (Lipinski definition) is 5. The number of benzene rings is 3. The van der Waals surface area contributed by atoms with Gasteiger partial charge in [0.15, 0.2) is 11.5 Å². The number of rotatable bonds is 9. The van der Waals surface area contributed by atoms with Crippen LogP contribution in [-0.4, -0.2) is 35.7 Å². The van der Waals surface area contributed by atoms with Crippen LogP contribution >= 0.6 is 11.3 Å². The average Bonchev–Trinajstić information content (AvgIpc) is 3.33. The van der Waals surface area contributed by atoms with E-state index in [1.54, 1.807) is 11.3 Å². The molecule has 0 saturated carbocycles. The van der Waals surface area contributed by atoms with Crippen molar-refractivity contribution in [1.82, 2.24) is 4.90 Å². The zero-order valence-electron chi connectivity index (χ0n) is 20.4. The quantitative estimate of drug-likeness (QED) is 0.274. The molecule has 1 aliphatic heterocycles. The monoisotopic (exact) mass is 501 g/mol. The molecule has 0 aliphatic carbocycles. The molecule has 0 spiro atoms. The zero-order valence-corrected chi connectivity index (χ0v) is 21.2. The highest BCUT2D eigenvalue weighted by Gasteiger charge is 2.31. The molecule has 2 heterocycles. The van der Waals surface area contributed by atoms with Gasteiger partial charge in [-0.3, -0.25) is 9.69 Å². The Kier molecular flexibility index (Phi) is 7.54. The number of carbonyl (C=O) groups is 1. The molecule has 1 unspecified atom stereocenters. The highest BCUT2D eigenvalue weighted by Crippen LogP contribution is 2.41. The number of fused-ring (bicyclic) bond motifs is 1. The molecule has 1 N–H and O–H groups in total. The number of likely N-dealkylation sites (tertiary alicyclic amines) is 1. The molecule has 0 amide bonds. The molecular formula is C30H31NO4S. The number of thiophene rings is 1. The van der Waals surface area contributed by atoms with Gasteiger partial charge in [0.05, 0.1) is 18.6 Å². The molecule has 1 aliphatic rings. The largest absolute Gasteiger partial charge is 0.490 e. The van der Waals surface area contributed by atoms with Gasteiger partial charge in [0.1, 0.15) is 6.61 Å². The summed E-state index contributed by atoms with van der Waals surface area (Å²) in [6, 6.07) is 27.1. The Balaban J connectivity index is 1.47. The Morgan fingerprint density at radius 3 is 2.44 bits per heavy atom. The molecule has 5 nitrogen and oxygen atoms in total. The first-order valence-electron chi connectivity index (χ1n) is 12.5. The normalized spacial score (nSPS) is 15.6. The van der Waals surface area contributed by atoms with Gasteiger partial charge < -0.3 is 14.6 Å². The van der Waals surface area contributed by atoms with E-state index < -0.39 is 5.97 Å². The Morgan fingerprint density at radius 2 is 1.72 bits per heavy atom. The first kappa shape index (κ1) is 24.3. The SMILES string of the molecule is CCOc1cc(C(c2cc3ccccc3s2)N2CCC(C(=O)O)CC2)ccc1OCc1ccccc1. The van der Waals surface area contributed by atoms with Gasteiger partial charge in [-0.1, -0.05) is 54.6 Å². The Morgan fingerprint density at radius 1 is 0.972 bits per heavy atom. The second-order valence-corrected chi connectivity index (χ2v) is 10.3. The lowest BCUT2D eigenvalue weighted by Gasteiger charge is -2.36. The summed E-state index contributed by atoms with van der Waals surface area (Å²) in [5.74, 6) is 0.505. The lowest BCUT2D eigenvalue weighted by Crippen LogP contribution is -2.39. The molecular weight excluding hydrogens is 470 g/mol. The van der Waals surface area contributed by atoms with Crippen LogP contribution in [0.25, 0.3) is 10.1 Å². The first-order valence-corrected chi connectivity index (χ1v) is 13.3. The second-order valence-electron chi connectivity index (χ2n) is 9.15. The number of aliphatic carboxylic acids is 1. The third-order valence-electron chi connectivity index (χ3n) is 6.78. The van der Waals surface area contributed by atoms with Crippen molar-refractivity contribution >= 4 is 27.4 Å². The van der Waals surface area contributed by atoms with E-state index in [4.69, 9.17) is 9.47 Å². The molecule has 1 saturated heterocycles. The van der Waals surface area contributed by atoms with Crippen LogP contribution in [0.5, 0.6) is 11.5 Å². The fourth-order valence-electron chi connectivity index (χ4n) is 4.91. The molecule has 36 heavy (non-hydrogen) atoms. The minimum absolute atomic E-state index is 0.0273. The zero-order chi connectivity index (χ0) is 24.9. The van der Waals surface area contributed by atoms with Crippen molar-refractivity contribution < 1.29 is 19.4 Å². The van der Waals surface area contributed by atoms with Crippen LogP contribution in [0.1, 0.15) is 41.8 Å². The van der Waals surface area contributed by atoms with E-state index >= 15 is 0 Å². The minimum atomic E-state index is -0.688. The third-order valence-corrected chi connectivity index (χ3v) is 7.95. The topological polar surface area (TPSA) is 59.0 Å². The van der Waals surface area contributed by atoms with Crippen LogP contribution in [0.15, 0.2) is 78.9 Å². The molecule has 186 valence electrons. The van der Waals surface area contributed by atoms with Crippen molar-refractivity contribution in [2.45, 2.75) is 32.4 Å². The maximum absolute atomic E-state index is 11.6. The molecule has 1 atom stereocenters. The summed E-state index contributed by atoms with van der Waals surface area (Å²) in [7, 11) is 0. The van der Waals surface area contributed by atoms with Gasteiger partial charge in [0, 0.05) is 9.58 Å². The van der Waals surface area contributed by atoms with Gasteiger partial charge in [-0.25, -0.2) is 0 Å². The summed E-state index contributed by atoms with van der Waals surface area (Å²) in [6.07, 6.45) is 1.32. The van der Waals surface area contributed by atoms with E-state index in [0.29, 0.717) is 26.1 Å². The fraction of sp³-hybridized carbons (Fsp3) is 0.300. The van der Waals surface area contributed by atoms with Crippen molar-refractivity contribution in [2.24, 2.45) is 5.92 Å². The fourth-order valence-corrected chi connectivity index (χ4v) is 6.14. The lowest BCUT2D eigenvalue weighted by molar-refractivity contribution is -0.143. The van der Waals surface area contributed by atoms with Gasteiger partial charge in [0.2, 0.25) is 0 Å². The van der Waals surface area contributed by atoms with E-state index in [2.05, 4.69) is 47.4 Å². The number of piperidine rings is 1. The molecule has 0 radical (unpaired) electrons. The van der Waals surface area contributed by atoms with Gasteiger partial charge in [0.25, 0.3) is 0 Å². The Bertz CT molecular complexity index is 1280. The molecule has 4 aromatic rings. The maximum Gasteiger partial charge on any atom is 0.306 e. The van der Waals surface area contributed by atoms with Gasteiger partial charge in [-0.2, -0.15) is 0 Å². The molecule has 1 fully saturated rings. The van der Waals surface area contributed by atoms with E-state index in [9.17, 15) is 9.90 Å². The molecule has 5 rings (SSSR count). The Labute approximate surface area is 215 Å². The average molecular weight is 502 g/mol. The number of carboxylic acid groups (broad SMARTS) is 1. The van der Waals surface area contributed by atoms with Crippen LogP contribution in [0.2, 0.25) is 0 Å². The van der Waals surface area contributed by atoms with E-state index in [-0.39, 0.29) is 12.0 Å².